The van der Waals surface area contributed by atoms with Crippen LogP contribution in [0.15, 0.2) is 18.2 Å². The molecule has 1 aromatic heterocycles. The second-order valence-electron chi connectivity index (χ2n) is 3.53. The topological polar surface area (TPSA) is 30.9 Å². The van der Waals surface area contributed by atoms with Crippen molar-refractivity contribution in [1.29, 1.82) is 0 Å². The van der Waals surface area contributed by atoms with E-state index in [1.807, 2.05) is 7.05 Å². The van der Waals surface area contributed by atoms with Crippen molar-refractivity contribution in [3.63, 3.8) is 0 Å². The van der Waals surface area contributed by atoms with Gasteiger partial charge < -0.3 is 10.3 Å². The molecule has 0 aliphatic rings. The fourth-order valence-corrected chi connectivity index (χ4v) is 2.13. The number of fused-ring (bicyclic) bond motifs is 1. The first-order valence-corrected chi connectivity index (χ1v) is 5.15. The third-order valence-electron chi connectivity index (χ3n) is 2.58. The average Bonchev–Trinajstić information content (AvgIpc) is 2.44. The highest BCUT2D eigenvalue weighted by molar-refractivity contribution is 6.32. The summed E-state index contributed by atoms with van der Waals surface area (Å²) in [6.45, 7) is 0.538. The van der Waals surface area contributed by atoms with E-state index in [-0.39, 0.29) is 5.82 Å². The normalized spacial score (nSPS) is 11.2. The molecule has 0 fully saturated rings. The largest absolute Gasteiger partial charge is 0.334 e. The van der Waals surface area contributed by atoms with Crippen LogP contribution in [0, 0.1) is 5.82 Å². The minimum Gasteiger partial charge on any atom is -0.334 e. The molecule has 0 radical (unpaired) electrons. The molecular weight excluding hydrogens is 215 g/mol. The van der Waals surface area contributed by atoms with Crippen LogP contribution < -0.4 is 5.73 Å². The first-order valence-electron chi connectivity index (χ1n) is 4.77. The van der Waals surface area contributed by atoms with Gasteiger partial charge in [-0.05, 0) is 36.7 Å². The lowest BCUT2D eigenvalue weighted by molar-refractivity contribution is 0.629. The minimum atomic E-state index is -0.251. The van der Waals surface area contributed by atoms with Crippen molar-refractivity contribution >= 4 is 22.5 Å². The van der Waals surface area contributed by atoms with Gasteiger partial charge in [0.1, 0.15) is 11.0 Å². The molecule has 4 heteroatoms. The van der Waals surface area contributed by atoms with Gasteiger partial charge in [0.25, 0.3) is 0 Å². The Labute approximate surface area is 92.4 Å². The average molecular weight is 227 g/mol. The molecule has 2 N–H and O–H groups in total. The molecule has 0 spiro atoms. The standard InChI is InChI=1S/C11H12ClFN2/c1-15-10-6-7(13)2-3-8(10)9(4-5-14)11(15)12/h2-3,6H,4-5,14H2,1H3. The molecule has 1 aromatic carbocycles. The lowest BCUT2D eigenvalue weighted by atomic mass is 10.1. The maximum atomic E-state index is 13.1. The summed E-state index contributed by atoms with van der Waals surface area (Å²) in [5, 5.41) is 1.62. The number of rotatable bonds is 2. The number of aromatic nitrogens is 1. The van der Waals surface area contributed by atoms with Gasteiger partial charge in [-0.1, -0.05) is 11.6 Å². The Balaban J connectivity index is 2.75. The summed E-state index contributed by atoms with van der Waals surface area (Å²) in [6.07, 6.45) is 0.710. The second kappa shape index (κ2) is 3.83. The zero-order valence-corrected chi connectivity index (χ0v) is 9.18. The fraction of sp³-hybridized carbons (Fsp3) is 0.273. The van der Waals surface area contributed by atoms with E-state index in [2.05, 4.69) is 0 Å². The van der Waals surface area contributed by atoms with Gasteiger partial charge in [0.15, 0.2) is 0 Å². The maximum absolute atomic E-state index is 13.1. The summed E-state index contributed by atoms with van der Waals surface area (Å²) in [5.74, 6) is -0.251. The van der Waals surface area contributed by atoms with Gasteiger partial charge in [-0.15, -0.1) is 0 Å². The summed E-state index contributed by atoms with van der Waals surface area (Å²) in [6, 6.07) is 4.68. The van der Waals surface area contributed by atoms with Gasteiger partial charge in [-0.3, -0.25) is 0 Å². The summed E-state index contributed by atoms with van der Waals surface area (Å²) >= 11 is 6.15. The Morgan fingerprint density at radius 3 is 2.87 bits per heavy atom. The maximum Gasteiger partial charge on any atom is 0.125 e. The van der Waals surface area contributed by atoms with Gasteiger partial charge in [0.2, 0.25) is 0 Å². The van der Waals surface area contributed by atoms with Crippen molar-refractivity contribution in [3.8, 4) is 0 Å². The third kappa shape index (κ3) is 1.62. The fourth-order valence-electron chi connectivity index (χ4n) is 1.84. The van der Waals surface area contributed by atoms with Crippen molar-refractivity contribution in [2.45, 2.75) is 6.42 Å². The quantitative estimate of drug-likeness (QED) is 0.838. The highest BCUT2D eigenvalue weighted by Crippen LogP contribution is 2.29. The molecule has 2 aromatic rings. The van der Waals surface area contributed by atoms with Crippen LogP contribution in [0.4, 0.5) is 4.39 Å². The number of aryl methyl sites for hydroxylation is 1. The van der Waals surface area contributed by atoms with E-state index in [0.29, 0.717) is 18.1 Å². The number of hydrogen-bond donors (Lipinski definition) is 1. The van der Waals surface area contributed by atoms with Gasteiger partial charge >= 0.3 is 0 Å². The van der Waals surface area contributed by atoms with Crippen molar-refractivity contribution in [3.05, 3.63) is 34.7 Å². The summed E-state index contributed by atoms with van der Waals surface area (Å²) in [5.41, 5.74) is 7.32. The molecule has 15 heavy (non-hydrogen) atoms. The molecule has 0 saturated carbocycles. The Morgan fingerprint density at radius 2 is 2.20 bits per heavy atom. The van der Waals surface area contributed by atoms with Gasteiger partial charge in [-0.2, -0.15) is 0 Å². The molecule has 0 amide bonds. The van der Waals surface area contributed by atoms with E-state index >= 15 is 0 Å². The summed E-state index contributed by atoms with van der Waals surface area (Å²) in [7, 11) is 1.82. The number of halogens is 2. The van der Waals surface area contributed by atoms with E-state index in [1.54, 1.807) is 10.6 Å². The van der Waals surface area contributed by atoms with Crippen LogP contribution in [0.5, 0.6) is 0 Å². The van der Waals surface area contributed by atoms with Gasteiger partial charge in [0, 0.05) is 12.4 Å². The lowest BCUT2D eigenvalue weighted by Gasteiger charge is -1.97. The predicted octanol–water partition coefficient (Wildman–Crippen LogP) is 2.47. The molecule has 2 rings (SSSR count). The molecular formula is C11H12ClFN2. The molecule has 0 saturated heterocycles. The van der Waals surface area contributed by atoms with E-state index in [9.17, 15) is 4.39 Å². The second-order valence-corrected chi connectivity index (χ2v) is 3.89. The first-order chi connectivity index (χ1) is 7.15. The van der Waals surface area contributed by atoms with E-state index in [0.717, 1.165) is 16.5 Å². The van der Waals surface area contributed by atoms with Crippen LogP contribution in [0.25, 0.3) is 10.9 Å². The van der Waals surface area contributed by atoms with Gasteiger partial charge in [0.05, 0.1) is 5.52 Å². The molecule has 1 heterocycles. The molecule has 0 bridgehead atoms. The van der Waals surface area contributed by atoms with Crippen LogP contribution in [0.2, 0.25) is 5.15 Å². The van der Waals surface area contributed by atoms with Crippen LogP contribution in [-0.4, -0.2) is 11.1 Å². The van der Waals surface area contributed by atoms with Crippen molar-refractivity contribution in [2.24, 2.45) is 12.8 Å². The number of benzene rings is 1. The highest BCUT2D eigenvalue weighted by atomic mass is 35.5. The Kier molecular flexibility index (Phi) is 2.67. The summed E-state index contributed by atoms with van der Waals surface area (Å²) in [4.78, 5) is 0. The molecule has 80 valence electrons. The first kappa shape index (κ1) is 10.5. The summed E-state index contributed by atoms with van der Waals surface area (Å²) < 4.78 is 14.8. The monoisotopic (exact) mass is 226 g/mol. The van der Waals surface area contributed by atoms with Crippen LogP contribution in [0.3, 0.4) is 0 Å². The van der Waals surface area contributed by atoms with Crippen LogP contribution >= 0.6 is 11.6 Å². The number of nitrogens with two attached hydrogens (primary N) is 1. The van der Waals surface area contributed by atoms with Crippen molar-refractivity contribution in [2.75, 3.05) is 6.54 Å². The molecule has 0 aliphatic carbocycles. The molecule has 0 unspecified atom stereocenters. The van der Waals surface area contributed by atoms with E-state index in [4.69, 9.17) is 17.3 Å². The van der Waals surface area contributed by atoms with Crippen molar-refractivity contribution < 1.29 is 4.39 Å². The predicted molar refractivity (Wildman–Crippen MR) is 60.6 cm³/mol. The third-order valence-corrected chi connectivity index (χ3v) is 3.07. The Bertz CT molecular complexity index is 505. The van der Waals surface area contributed by atoms with Crippen molar-refractivity contribution in [1.82, 2.24) is 4.57 Å². The van der Waals surface area contributed by atoms with E-state index < -0.39 is 0 Å². The minimum absolute atomic E-state index is 0.251. The van der Waals surface area contributed by atoms with E-state index in [1.165, 1.54) is 12.1 Å². The number of hydrogen-bond acceptors (Lipinski definition) is 1. The van der Waals surface area contributed by atoms with Crippen LogP contribution in [0.1, 0.15) is 5.56 Å². The SMILES string of the molecule is Cn1c(Cl)c(CCN)c2ccc(F)cc21. The molecule has 2 nitrogen and oxygen atoms in total. The van der Waals surface area contributed by atoms with Crippen LogP contribution in [-0.2, 0) is 13.5 Å². The Morgan fingerprint density at radius 1 is 1.47 bits per heavy atom. The highest BCUT2D eigenvalue weighted by Gasteiger charge is 2.12. The molecule has 0 atom stereocenters. The zero-order valence-electron chi connectivity index (χ0n) is 8.43. The lowest BCUT2D eigenvalue weighted by Crippen LogP contribution is -2.02. The van der Waals surface area contributed by atoms with Gasteiger partial charge in [-0.25, -0.2) is 4.39 Å². The Hall–Kier alpha value is -1.06. The smallest absolute Gasteiger partial charge is 0.125 e. The number of nitrogens with zero attached hydrogens (tertiary/aromatic N) is 1. The molecule has 0 aliphatic heterocycles. The zero-order chi connectivity index (χ0) is 11.0.